The maximum Gasteiger partial charge on any atom is 0.102 e. The Morgan fingerprint density at radius 3 is 2.84 bits per heavy atom. The van der Waals surface area contributed by atoms with E-state index >= 15 is 0 Å². The highest BCUT2D eigenvalue weighted by atomic mass is 35.5. The number of thiophene rings is 1. The molecule has 0 saturated carbocycles. The maximum atomic E-state index is 9.31. The molecule has 0 amide bonds. The molecule has 1 heterocycles. The molecule has 0 unspecified atom stereocenters. The van der Waals surface area contributed by atoms with Crippen molar-refractivity contribution in [3.63, 3.8) is 0 Å². The van der Waals surface area contributed by atoms with Gasteiger partial charge in [0.15, 0.2) is 0 Å². The zero-order chi connectivity index (χ0) is 13.7. The number of nitrogens with one attached hydrogen (secondary N) is 1. The Kier molecular flexibility index (Phi) is 5.15. The summed E-state index contributed by atoms with van der Waals surface area (Å²) in [5.74, 6) is 0.957. The summed E-state index contributed by atoms with van der Waals surface area (Å²) in [6, 6.07) is 12.1. The number of hydrogen-bond acceptors (Lipinski definition) is 4. The van der Waals surface area contributed by atoms with Crippen LogP contribution in [0.1, 0.15) is 17.4 Å². The Morgan fingerprint density at radius 1 is 1.37 bits per heavy atom. The molecule has 0 radical (unpaired) electrons. The number of nitriles is 1. The molecule has 0 atom stereocenters. The van der Waals surface area contributed by atoms with Gasteiger partial charge in [0.2, 0.25) is 0 Å². The van der Waals surface area contributed by atoms with Crippen molar-refractivity contribution < 1.29 is 0 Å². The Morgan fingerprint density at radius 2 is 2.21 bits per heavy atom. The van der Waals surface area contributed by atoms with Crippen molar-refractivity contribution in [1.82, 2.24) is 0 Å². The Balaban J connectivity index is 2.16. The maximum absolute atomic E-state index is 9.31. The van der Waals surface area contributed by atoms with Crippen LogP contribution in [0.15, 0.2) is 35.2 Å². The molecule has 0 aliphatic carbocycles. The van der Waals surface area contributed by atoms with Crippen LogP contribution in [0.5, 0.6) is 0 Å². The first-order valence-corrected chi connectivity index (χ1v) is 8.06. The third-order valence-electron chi connectivity index (χ3n) is 2.52. The number of halogens is 1. The minimum absolute atomic E-state index is 0.687. The van der Waals surface area contributed by atoms with E-state index in [0.717, 1.165) is 31.1 Å². The lowest BCUT2D eigenvalue weighted by Crippen LogP contribution is -2.00. The van der Waals surface area contributed by atoms with Gasteiger partial charge in [0.1, 0.15) is 6.07 Å². The van der Waals surface area contributed by atoms with Crippen LogP contribution >= 0.6 is 34.7 Å². The van der Waals surface area contributed by atoms with E-state index in [9.17, 15) is 5.26 Å². The SMILES string of the molecule is CCSc1cccc(NCc2ccc(Cl)s2)c1C#N. The second kappa shape index (κ2) is 6.85. The summed E-state index contributed by atoms with van der Waals surface area (Å²) in [5, 5.41) is 12.6. The van der Waals surface area contributed by atoms with E-state index in [1.54, 1.807) is 23.1 Å². The van der Waals surface area contributed by atoms with Crippen LogP contribution < -0.4 is 5.32 Å². The molecule has 2 nitrogen and oxygen atoms in total. The molecule has 1 aromatic carbocycles. The summed E-state index contributed by atoms with van der Waals surface area (Å²) >= 11 is 9.14. The molecule has 2 rings (SSSR count). The van der Waals surface area contributed by atoms with Crippen molar-refractivity contribution in [3.8, 4) is 6.07 Å². The smallest absolute Gasteiger partial charge is 0.102 e. The second-order valence-corrected chi connectivity index (χ2v) is 6.89. The Bertz CT molecular complexity index is 602. The van der Waals surface area contributed by atoms with Gasteiger partial charge in [0.25, 0.3) is 0 Å². The molecule has 0 fully saturated rings. The van der Waals surface area contributed by atoms with Crippen molar-refractivity contribution in [3.05, 3.63) is 45.1 Å². The Labute approximate surface area is 126 Å². The fraction of sp³-hybridized carbons (Fsp3) is 0.214. The first-order valence-electron chi connectivity index (χ1n) is 5.88. The number of thioether (sulfide) groups is 1. The number of nitrogens with zero attached hydrogens (tertiary/aromatic N) is 1. The second-order valence-electron chi connectivity index (χ2n) is 3.78. The predicted molar refractivity (Wildman–Crippen MR) is 84.2 cm³/mol. The van der Waals surface area contributed by atoms with E-state index in [1.165, 1.54) is 0 Å². The van der Waals surface area contributed by atoms with Crippen molar-refractivity contribution in [1.29, 1.82) is 5.26 Å². The molecular weight excluding hydrogens is 296 g/mol. The minimum Gasteiger partial charge on any atom is -0.379 e. The van der Waals surface area contributed by atoms with E-state index in [0.29, 0.717) is 6.54 Å². The van der Waals surface area contributed by atoms with Crippen molar-refractivity contribution in [2.24, 2.45) is 0 Å². The number of anilines is 1. The van der Waals surface area contributed by atoms with Crippen LogP contribution in [0.3, 0.4) is 0 Å². The molecule has 19 heavy (non-hydrogen) atoms. The number of benzene rings is 1. The van der Waals surface area contributed by atoms with Crippen LogP contribution in [-0.4, -0.2) is 5.75 Å². The quantitative estimate of drug-likeness (QED) is 0.790. The number of rotatable bonds is 5. The first kappa shape index (κ1) is 14.3. The lowest BCUT2D eigenvalue weighted by Gasteiger charge is -2.10. The highest BCUT2D eigenvalue weighted by Gasteiger charge is 2.08. The van der Waals surface area contributed by atoms with Crippen LogP contribution in [0.2, 0.25) is 4.34 Å². The van der Waals surface area contributed by atoms with E-state index < -0.39 is 0 Å². The van der Waals surface area contributed by atoms with Gasteiger partial charge in [0, 0.05) is 16.3 Å². The minimum atomic E-state index is 0.687. The monoisotopic (exact) mass is 308 g/mol. The summed E-state index contributed by atoms with van der Waals surface area (Å²) in [6.45, 7) is 2.77. The van der Waals surface area contributed by atoms with Crippen molar-refractivity contribution in [2.75, 3.05) is 11.1 Å². The number of hydrogen-bond donors (Lipinski definition) is 1. The zero-order valence-corrected chi connectivity index (χ0v) is 12.8. The summed E-state index contributed by atoms with van der Waals surface area (Å²) in [7, 11) is 0. The Hall–Kier alpha value is -1.15. The molecule has 0 aliphatic heterocycles. The van der Waals surface area contributed by atoms with Gasteiger partial charge < -0.3 is 5.32 Å². The van der Waals surface area contributed by atoms with Gasteiger partial charge in [-0.3, -0.25) is 0 Å². The van der Waals surface area contributed by atoms with Gasteiger partial charge >= 0.3 is 0 Å². The van der Waals surface area contributed by atoms with Crippen LogP contribution in [0.4, 0.5) is 5.69 Å². The van der Waals surface area contributed by atoms with Crippen LogP contribution in [-0.2, 0) is 6.54 Å². The van der Waals surface area contributed by atoms with E-state index in [2.05, 4.69) is 18.3 Å². The lowest BCUT2D eigenvalue weighted by atomic mass is 10.2. The van der Waals surface area contributed by atoms with Gasteiger partial charge in [0.05, 0.1) is 15.6 Å². The zero-order valence-electron chi connectivity index (χ0n) is 10.4. The summed E-state index contributed by atoms with van der Waals surface area (Å²) < 4.78 is 0.785. The fourth-order valence-electron chi connectivity index (χ4n) is 1.70. The van der Waals surface area contributed by atoms with Gasteiger partial charge in [-0.25, -0.2) is 0 Å². The molecule has 1 N–H and O–H groups in total. The van der Waals surface area contributed by atoms with Crippen LogP contribution in [0.25, 0.3) is 0 Å². The highest BCUT2D eigenvalue weighted by molar-refractivity contribution is 7.99. The van der Waals surface area contributed by atoms with E-state index in [-0.39, 0.29) is 0 Å². The van der Waals surface area contributed by atoms with E-state index in [4.69, 9.17) is 11.6 Å². The van der Waals surface area contributed by atoms with Gasteiger partial charge in [-0.1, -0.05) is 24.6 Å². The summed E-state index contributed by atoms with van der Waals surface area (Å²) in [4.78, 5) is 2.18. The van der Waals surface area contributed by atoms with E-state index in [1.807, 2.05) is 30.3 Å². The lowest BCUT2D eigenvalue weighted by molar-refractivity contribution is 1.18. The van der Waals surface area contributed by atoms with Crippen molar-refractivity contribution >= 4 is 40.4 Å². The average Bonchev–Trinajstić information content (AvgIpc) is 2.83. The molecule has 1 aromatic heterocycles. The molecule has 0 bridgehead atoms. The largest absolute Gasteiger partial charge is 0.379 e. The van der Waals surface area contributed by atoms with Crippen LogP contribution in [0, 0.1) is 11.3 Å². The molecule has 0 spiro atoms. The molecule has 98 valence electrons. The molecule has 5 heteroatoms. The van der Waals surface area contributed by atoms with Gasteiger partial charge in [-0.2, -0.15) is 5.26 Å². The molecule has 2 aromatic rings. The topological polar surface area (TPSA) is 35.8 Å². The van der Waals surface area contributed by atoms with Crippen molar-refractivity contribution in [2.45, 2.75) is 18.4 Å². The third kappa shape index (κ3) is 3.66. The summed E-state index contributed by atoms with van der Waals surface area (Å²) in [6.07, 6.45) is 0. The molecule has 0 saturated heterocycles. The highest BCUT2D eigenvalue weighted by Crippen LogP contribution is 2.29. The van der Waals surface area contributed by atoms with Gasteiger partial charge in [-0.05, 0) is 30.0 Å². The third-order valence-corrected chi connectivity index (χ3v) is 4.69. The first-order chi connectivity index (χ1) is 9.24. The standard InChI is InChI=1S/C14H13ClN2S2/c1-2-18-13-5-3-4-12(11(13)8-16)17-9-10-6-7-14(15)19-10/h3-7,17H,2,9H2,1H3. The molecular formula is C14H13ClN2S2. The predicted octanol–water partition coefficient (Wildman–Crippen LogP) is 5.00. The fourth-order valence-corrected chi connectivity index (χ4v) is 3.51. The normalized spacial score (nSPS) is 10.2. The van der Waals surface area contributed by atoms with Gasteiger partial charge in [-0.15, -0.1) is 23.1 Å². The molecule has 0 aliphatic rings. The summed E-state index contributed by atoms with van der Waals surface area (Å²) in [5.41, 5.74) is 1.60. The average molecular weight is 309 g/mol.